The minimum Gasteiger partial charge on any atom is -0.444 e. The molecule has 0 unspecified atom stereocenters. The van der Waals surface area contributed by atoms with Gasteiger partial charge >= 0.3 is 0 Å². The van der Waals surface area contributed by atoms with Gasteiger partial charge in [0.15, 0.2) is 10.4 Å². The number of nitrogens with one attached hydrogen (secondary N) is 1. The predicted molar refractivity (Wildman–Crippen MR) is 90.9 cm³/mol. The number of furan rings is 1. The molecule has 1 heterocycles. The highest BCUT2D eigenvalue weighted by molar-refractivity contribution is 9.10. The SMILES string of the molecule is CCCN(Cc1ccccc1)C(=O)CNC(=O)c1ccc(Br)o1. The number of amides is 2. The zero-order valence-corrected chi connectivity index (χ0v) is 14.5. The fourth-order valence-corrected chi connectivity index (χ4v) is 2.46. The number of nitrogens with zero attached hydrogens (tertiary/aromatic N) is 1. The highest BCUT2D eigenvalue weighted by atomic mass is 79.9. The molecule has 5 nitrogen and oxygen atoms in total. The minimum atomic E-state index is -0.403. The second-order valence-corrected chi connectivity index (χ2v) is 5.87. The molecule has 23 heavy (non-hydrogen) atoms. The van der Waals surface area contributed by atoms with Gasteiger partial charge in [-0.15, -0.1) is 0 Å². The van der Waals surface area contributed by atoms with Crippen molar-refractivity contribution in [1.82, 2.24) is 10.2 Å². The van der Waals surface area contributed by atoms with Crippen LogP contribution in [0.4, 0.5) is 0 Å². The summed E-state index contributed by atoms with van der Waals surface area (Å²) >= 11 is 3.14. The second-order valence-electron chi connectivity index (χ2n) is 5.09. The van der Waals surface area contributed by atoms with E-state index < -0.39 is 5.91 Å². The molecule has 2 rings (SSSR count). The molecular weight excluding hydrogens is 360 g/mol. The van der Waals surface area contributed by atoms with Crippen molar-refractivity contribution >= 4 is 27.7 Å². The summed E-state index contributed by atoms with van der Waals surface area (Å²) in [4.78, 5) is 26.0. The van der Waals surface area contributed by atoms with Gasteiger partial charge in [0, 0.05) is 13.1 Å². The van der Waals surface area contributed by atoms with E-state index in [1.165, 1.54) is 0 Å². The highest BCUT2D eigenvalue weighted by Crippen LogP contribution is 2.13. The molecular formula is C17H19BrN2O3. The molecule has 2 amide bonds. The number of benzene rings is 1. The quantitative estimate of drug-likeness (QED) is 0.804. The van der Waals surface area contributed by atoms with Crippen molar-refractivity contribution in [2.24, 2.45) is 0 Å². The molecule has 0 aliphatic rings. The average Bonchev–Trinajstić information content (AvgIpc) is 2.99. The number of hydrogen-bond donors (Lipinski definition) is 1. The highest BCUT2D eigenvalue weighted by Gasteiger charge is 2.16. The molecule has 0 saturated heterocycles. The Morgan fingerprint density at radius 2 is 1.91 bits per heavy atom. The third-order valence-electron chi connectivity index (χ3n) is 3.26. The first-order valence-electron chi connectivity index (χ1n) is 7.45. The van der Waals surface area contributed by atoms with Crippen LogP contribution in [-0.2, 0) is 11.3 Å². The first-order chi connectivity index (χ1) is 11.1. The van der Waals surface area contributed by atoms with Gasteiger partial charge in [-0.05, 0) is 40.0 Å². The Balaban J connectivity index is 1.91. The van der Waals surface area contributed by atoms with Crippen molar-refractivity contribution in [3.05, 3.63) is 58.5 Å². The molecule has 0 aliphatic heterocycles. The maximum atomic E-state index is 12.3. The number of halogens is 1. The van der Waals surface area contributed by atoms with Gasteiger partial charge in [-0.1, -0.05) is 37.3 Å². The van der Waals surface area contributed by atoms with Gasteiger partial charge in [-0.25, -0.2) is 0 Å². The molecule has 1 aromatic carbocycles. The number of carbonyl (C=O) groups is 2. The third kappa shape index (κ3) is 5.25. The van der Waals surface area contributed by atoms with Gasteiger partial charge in [0.1, 0.15) is 0 Å². The first kappa shape index (κ1) is 17.3. The van der Waals surface area contributed by atoms with E-state index in [1.54, 1.807) is 17.0 Å². The van der Waals surface area contributed by atoms with Crippen LogP contribution in [0, 0.1) is 0 Å². The molecule has 0 saturated carbocycles. The molecule has 0 radical (unpaired) electrons. The molecule has 2 aromatic rings. The van der Waals surface area contributed by atoms with Crippen LogP contribution >= 0.6 is 15.9 Å². The van der Waals surface area contributed by atoms with Crippen LogP contribution in [-0.4, -0.2) is 29.8 Å². The van der Waals surface area contributed by atoms with E-state index in [9.17, 15) is 9.59 Å². The van der Waals surface area contributed by atoms with E-state index in [-0.39, 0.29) is 18.2 Å². The lowest BCUT2D eigenvalue weighted by molar-refractivity contribution is -0.130. The van der Waals surface area contributed by atoms with E-state index in [2.05, 4.69) is 21.2 Å². The number of rotatable bonds is 7. The zero-order valence-electron chi connectivity index (χ0n) is 12.9. The summed E-state index contributed by atoms with van der Waals surface area (Å²) in [6.45, 7) is 3.15. The monoisotopic (exact) mass is 378 g/mol. The molecule has 0 spiro atoms. The molecule has 0 atom stereocenters. The lowest BCUT2D eigenvalue weighted by Crippen LogP contribution is -2.40. The van der Waals surface area contributed by atoms with Gasteiger partial charge < -0.3 is 14.6 Å². The molecule has 1 N–H and O–H groups in total. The van der Waals surface area contributed by atoms with E-state index in [1.807, 2.05) is 37.3 Å². The summed E-state index contributed by atoms with van der Waals surface area (Å²) in [6.07, 6.45) is 0.859. The van der Waals surface area contributed by atoms with Crippen molar-refractivity contribution in [3.8, 4) is 0 Å². The van der Waals surface area contributed by atoms with Crippen molar-refractivity contribution in [2.45, 2.75) is 19.9 Å². The fourth-order valence-electron chi connectivity index (χ4n) is 2.16. The van der Waals surface area contributed by atoms with Crippen molar-refractivity contribution in [2.75, 3.05) is 13.1 Å². The van der Waals surface area contributed by atoms with Crippen LogP contribution in [0.2, 0.25) is 0 Å². The van der Waals surface area contributed by atoms with Crippen LogP contribution in [0.5, 0.6) is 0 Å². The van der Waals surface area contributed by atoms with Crippen LogP contribution in [0.3, 0.4) is 0 Å². The van der Waals surface area contributed by atoms with Gasteiger partial charge in [0.05, 0.1) is 6.54 Å². The molecule has 0 fully saturated rings. The lowest BCUT2D eigenvalue weighted by atomic mass is 10.2. The van der Waals surface area contributed by atoms with Crippen molar-refractivity contribution < 1.29 is 14.0 Å². The normalized spacial score (nSPS) is 10.3. The molecule has 1 aromatic heterocycles. The Hall–Kier alpha value is -2.08. The van der Waals surface area contributed by atoms with E-state index >= 15 is 0 Å². The van der Waals surface area contributed by atoms with Gasteiger partial charge in [0.2, 0.25) is 5.91 Å². The van der Waals surface area contributed by atoms with Crippen molar-refractivity contribution in [1.29, 1.82) is 0 Å². The largest absolute Gasteiger partial charge is 0.444 e. The zero-order chi connectivity index (χ0) is 16.7. The fraction of sp³-hybridized carbons (Fsp3) is 0.294. The average molecular weight is 379 g/mol. The predicted octanol–water partition coefficient (Wildman–Crippen LogP) is 3.21. The van der Waals surface area contributed by atoms with Gasteiger partial charge in [-0.3, -0.25) is 9.59 Å². The molecule has 0 aliphatic carbocycles. The Kier molecular flexibility index (Phi) is 6.40. The van der Waals surface area contributed by atoms with E-state index in [0.29, 0.717) is 17.8 Å². The Labute approximate surface area is 143 Å². The van der Waals surface area contributed by atoms with Crippen LogP contribution < -0.4 is 5.32 Å². The smallest absolute Gasteiger partial charge is 0.287 e. The summed E-state index contributed by atoms with van der Waals surface area (Å²) in [6, 6.07) is 13.0. The first-order valence-corrected chi connectivity index (χ1v) is 8.24. The number of carbonyl (C=O) groups excluding carboxylic acids is 2. The van der Waals surface area contributed by atoms with E-state index in [4.69, 9.17) is 4.42 Å². The Bertz CT molecular complexity index is 655. The Morgan fingerprint density at radius 3 is 2.52 bits per heavy atom. The second kappa shape index (κ2) is 8.53. The van der Waals surface area contributed by atoms with Crippen LogP contribution in [0.1, 0.15) is 29.5 Å². The summed E-state index contributed by atoms with van der Waals surface area (Å²) in [5, 5.41) is 2.59. The summed E-state index contributed by atoms with van der Waals surface area (Å²) in [7, 11) is 0. The lowest BCUT2D eigenvalue weighted by Gasteiger charge is -2.22. The summed E-state index contributed by atoms with van der Waals surface area (Å²) in [5.74, 6) is -0.343. The summed E-state index contributed by atoms with van der Waals surface area (Å²) in [5.41, 5.74) is 1.07. The molecule has 6 heteroatoms. The third-order valence-corrected chi connectivity index (χ3v) is 3.69. The van der Waals surface area contributed by atoms with Gasteiger partial charge in [0.25, 0.3) is 5.91 Å². The van der Waals surface area contributed by atoms with Crippen LogP contribution in [0.15, 0.2) is 51.6 Å². The topological polar surface area (TPSA) is 62.6 Å². The Morgan fingerprint density at radius 1 is 1.17 bits per heavy atom. The van der Waals surface area contributed by atoms with Crippen molar-refractivity contribution in [3.63, 3.8) is 0 Å². The maximum Gasteiger partial charge on any atom is 0.287 e. The minimum absolute atomic E-state index is 0.0516. The van der Waals surface area contributed by atoms with Gasteiger partial charge in [-0.2, -0.15) is 0 Å². The van der Waals surface area contributed by atoms with Crippen LogP contribution in [0.25, 0.3) is 0 Å². The standard InChI is InChI=1S/C17H19BrN2O3/c1-2-10-20(12-13-6-4-3-5-7-13)16(21)11-19-17(22)14-8-9-15(18)23-14/h3-9H,2,10-12H2,1H3,(H,19,22). The number of hydrogen-bond acceptors (Lipinski definition) is 3. The summed E-state index contributed by atoms with van der Waals surface area (Å²) < 4.78 is 5.64. The van der Waals surface area contributed by atoms with E-state index in [0.717, 1.165) is 12.0 Å². The molecule has 122 valence electrons. The maximum absolute atomic E-state index is 12.3. The molecule has 0 bridgehead atoms.